The molecule has 0 radical (unpaired) electrons. The largest absolute Gasteiger partial charge is 0.310 e. The molecule has 4 aromatic rings. The minimum absolute atomic E-state index is 0.0286. The molecule has 5 rings (SSSR count). The Morgan fingerprint density at radius 2 is 1.86 bits per heavy atom. The molecule has 0 bridgehead atoms. The van der Waals surface area contributed by atoms with E-state index < -0.39 is 0 Å². The Morgan fingerprint density at radius 1 is 1.07 bits per heavy atom. The molecule has 1 aliphatic heterocycles. The number of rotatable bonds is 3. The molecule has 1 N–H and O–H groups in total. The van der Waals surface area contributed by atoms with E-state index in [0.29, 0.717) is 29.5 Å². The molecule has 1 atom stereocenters. The number of thioether (sulfide) groups is 1. The lowest BCUT2D eigenvalue weighted by Crippen LogP contribution is -2.25. The van der Waals surface area contributed by atoms with Crippen molar-refractivity contribution in [3.8, 4) is 5.82 Å². The van der Waals surface area contributed by atoms with Crippen molar-refractivity contribution in [2.45, 2.75) is 31.1 Å². The first-order chi connectivity index (χ1) is 14.0. The standard InChI is InChI=1S/C20H19N7OS/c1-11-19-15(13-4-6-14(29-3)7-5-13)10-18(28)21-20(19)27(24-11)17-9-8-16-23-22-12(2)26(16)25-17/h4-9,15H,10H2,1-3H3,(H,21,28)/t15-/m1/s1. The fourth-order valence-corrected chi connectivity index (χ4v) is 4.24. The van der Waals surface area contributed by atoms with Crippen LogP contribution < -0.4 is 5.32 Å². The van der Waals surface area contributed by atoms with Crippen molar-refractivity contribution in [3.63, 3.8) is 0 Å². The van der Waals surface area contributed by atoms with Crippen molar-refractivity contribution in [1.29, 1.82) is 0 Å². The number of benzene rings is 1. The van der Waals surface area contributed by atoms with Gasteiger partial charge < -0.3 is 5.32 Å². The van der Waals surface area contributed by atoms with Crippen LogP contribution in [0.3, 0.4) is 0 Å². The number of hydrogen-bond acceptors (Lipinski definition) is 6. The van der Waals surface area contributed by atoms with Crippen LogP contribution in [0.4, 0.5) is 5.82 Å². The van der Waals surface area contributed by atoms with Crippen LogP contribution in [0.15, 0.2) is 41.3 Å². The summed E-state index contributed by atoms with van der Waals surface area (Å²) in [4.78, 5) is 13.7. The molecule has 0 fully saturated rings. The highest BCUT2D eigenvalue weighted by atomic mass is 32.2. The molecule has 0 unspecified atom stereocenters. The van der Waals surface area contributed by atoms with Gasteiger partial charge in [-0.15, -0.1) is 27.1 Å². The lowest BCUT2D eigenvalue weighted by Gasteiger charge is -2.24. The fraction of sp³-hybridized carbons (Fsp3) is 0.250. The number of hydrogen-bond donors (Lipinski definition) is 1. The van der Waals surface area contributed by atoms with Crippen molar-refractivity contribution < 1.29 is 4.79 Å². The molecular formula is C20H19N7OS. The Labute approximate surface area is 171 Å². The number of amides is 1. The van der Waals surface area contributed by atoms with Gasteiger partial charge in [-0.05, 0) is 49.9 Å². The van der Waals surface area contributed by atoms with Crippen LogP contribution in [0.1, 0.15) is 35.0 Å². The number of anilines is 1. The molecule has 1 aliphatic rings. The van der Waals surface area contributed by atoms with E-state index in [-0.39, 0.29) is 11.8 Å². The normalized spacial score (nSPS) is 16.1. The zero-order valence-corrected chi connectivity index (χ0v) is 17.1. The molecule has 3 aromatic heterocycles. The van der Waals surface area contributed by atoms with Gasteiger partial charge in [0.1, 0.15) is 5.82 Å². The second kappa shape index (κ2) is 6.70. The molecule has 29 heavy (non-hydrogen) atoms. The minimum Gasteiger partial charge on any atom is -0.310 e. The average molecular weight is 405 g/mol. The first kappa shape index (κ1) is 17.9. The number of aryl methyl sites for hydroxylation is 2. The number of carbonyl (C=O) groups is 1. The van der Waals surface area contributed by atoms with E-state index in [9.17, 15) is 4.79 Å². The molecular weight excluding hydrogens is 386 g/mol. The van der Waals surface area contributed by atoms with Gasteiger partial charge in [0.15, 0.2) is 17.3 Å². The van der Waals surface area contributed by atoms with E-state index in [1.54, 1.807) is 21.0 Å². The van der Waals surface area contributed by atoms with Gasteiger partial charge >= 0.3 is 0 Å². The van der Waals surface area contributed by atoms with Gasteiger partial charge in [0.05, 0.1) is 5.69 Å². The van der Waals surface area contributed by atoms with Crippen molar-refractivity contribution >= 4 is 29.1 Å². The third-order valence-electron chi connectivity index (χ3n) is 5.24. The quantitative estimate of drug-likeness (QED) is 0.527. The Morgan fingerprint density at radius 3 is 2.62 bits per heavy atom. The first-order valence-corrected chi connectivity index (χ1v) is 10.5. The fourth-order valence-electron chi connectivity index (χ4n) is 3.83. The number of fused-ring (bicyclic) bond motifs is 2. The van der Waals surface area contributed by atoms with E-state index in [0.717, 1.165) is 16.8 Å². The van der Waals surface area contributed by atoms with E-state index in [4.69, 9.17) is 5.10 Å². The van der Waals surface area contributed by atoms with Crippen molar-refractivity contribution in [2.75, 3.05) is 11.6 Å². The smallest absolute Gasteiger partial charge is 0.226 e. The Hall–Kier alpha value is -3.20. The highest BCUT2D eigenvalue weighted by molar-refractivity contribution is 7.98. The van der Waals surface area contributed by atoms with Crippen LogP contribution in [0, 0.1) is 13.8 Å². The molecule has 0 aliphatic carbocycles. The number of nitrogens with one attached hydrogen (secondary N) is 1. The van der Waals surface area contributed by atoms with Gasteiger partial charge in [0.25, 0.3) is 0 Å². The van der Waals surface area contributed by atoms with Gasteiger partial charge in [0.2, 0.25) is 5.91 Å². The third kappa shape index (κ3) is 2.89. The van der Waals surface area contributed by atoms with E-state index in [2.05, 4.69) is 51.1 Å². The monoisotopic (exact) mass is 405 g/mol. The zero-order chi connectivity index (χ0) is 20.1. The molecule has 8 nitrogen and oxygen atoms in total. The second-order valence-corrected chi connectivity index (χ2v) is 7.93. The lowest BCUT2D eigenvalue weighted by atomic mass is 9.86. The van der Waals surface area contributed by atoms with Crippen molar-refractivity contribution in [3.05, 3.63) is 59.0 Å². The molecule has 1 aromatic carbocycles. The molecule has 0 saturated heterocycles. The maximum absolute atomic E-state index is 12.5. The summed E-state index contributed by atoms with van der Waals surface area (Å²) in [7, 11) is 0. The van der Waals surface area contributed by atoms with Gasteiger partial charge in [-0.25, -0.2) is 0 Å². The van der Waals surface area contributed by atoms with Crippen LogP contribution in [0.5, 0.6) is 0 Å². The first-order valence-electron chi connectivity index (χ1n) is 9.28. The summed E-state index contributed by atoms with van der Waals surface area (Å²) in [6.07, 6.45) is 2.45. The van der Waals surface area contributed by atoms with E-state index >= 15 is 0 Å². The van der Waals surface area contributed by atoms with Gasteiger partial charge in [-0.2, -0.15) is 14.3 Å². The highest BCUT2D eigenvalue weighted by Gasteiger charge is 2.33. The summed E-state index contributed by atoms with van der Waals surface area (Å²) in [5, 5.41) is 20.4. The Balaban J connectivity index is 1.65. The zero-order valence-electron chi connectivity index (χ0n) is 16.2. The van der Waals surface area contributed by atoms with Gasteiger partial charge in [-0.1, -0.05) is 12.1 Å². The van der Waals surface area contributed by atoms with Crippen LogP contribution in [0.2, 0.25) is 0 Å². The predicted octanol–water partition coefficient (Wildman–Crippen LogP) is 3.12. The maximum atomic E-state index is 12.5. The van der Waals surface area contributed by atoms with Crippen LogP contribution >= 0.6 is 11.8 Å². The molecule has 146 valence electrons. The third-order valence-corrected chi connectivity index (χ3v) is 5.99. The average Bonchev–Trinajstić information content (AvgIpc) is 3.27. The summed E-state index contributed by atoms with van der Waals surface area (Å²) >= 11 is 1.70. The van der Waals surface area contributed by atoms with Crippen LogP contribution in [0.25, 0.3) is 11.5 Å². The summed E-state index contributed by atoms with van der Waals surface area (Å²) in [6.45, 7) is 3.81. The van der Waals surface area contributed by atoms with E-state index in [1.165, 1.54) is 4.90 Å². The summed E-state index contributed by atoms with van der Waals surface area (Å²) in [6, 6.07) is 12.1. The summed E-state index contributed by atoms with van der Waals surface area (Å²) in [5.74, 6) is 1.90. The number of nitrogens with zero attached hydrogens (tertiary/aromatic N) is 6. The Bertz CT molecular complexity index is 1240. The molecule has 0 saturated carbocycles. The predicted molar refractivity (Wildman–Crippen MR) is 111 cm³/mol. The maximum Gasteiger partial charge on any atom is 0.226 e. The lowest BCUT2D eigenvalue weighted by molar-refractivity contribution is -0.116. The van der Waals surface area contributed by atoms with Crippen molar-refractivity contribution in [2.24, 2.45) is 0 Å². The minimum atomic E-state index is -0.0382. The topological polar surface area (TPSA) is 90.0 Å². The van der Waals surface area contributed by atoms with Gasteiger partial charge in [-0.3, -0.25) is 4.79 Å². The Kier molecular flexibility index (Phi) is 4.13. The van der Waals surface area contributed by atoms with Crippen LogP contribution in [-0.2, 0) is 4.79 Å². The summed E-state index contributed by atoms with van der Waals surface area (Å²) in [5.41, 5.74) is 3.68. The number of carbonyl (C=O) groups excluding carboxylic acids is 1. The second-order valence-electron chi connectivity index (χ2n) is 7.05. The SMILES string of the molecule is CSc1ccc([C@H]2CC(=O)Nc3c2c(C)nn3-c2ccc3nnc(C)n3n2)cc1. The van der Waals surface area contributed by atoms with Gasteiger partial charge in [0, 0.05) is 22.8 Å². The van der Waals surface area contributed by atoms with E-state index in [1.807, 2.05) is 26.0 Å². The summed E-state index contributed by atoms with van der Waals surface area (Å²) < 4.78 is 3.37. The molecule has 4 heterocycles. The molecule has 9 heteroatoms. The number of aromatic nitrogens is 6. The van der Waals surface area contributed by atoms with Crippen LogP contribution in [-0.4, -0.2) is 41.8 Å². The molecule has 1 amide bonds. The molecule has 0 spiro atoms. The highest BCUT2D eigenvalue weighted by Crippen LogP contribution is 2.40. The van der Waals surface area contributed by atoms with Crippen molar-refractivity contribution in [1.82, 2.24) is 29.6 Å².